The second-order valence-electron chi connectivity index (χ2n) is 10.9. The summed E-state index contributed by atoms with van der Waals surface area (Å²) in [6, 6.07) is 28.0. The van der Waals surface area contributed by atoms with Crippen LogP contribution in [-0.4, -0.2) is 28.9 Å². The average molecular weight is 701 g/mol. The zero-order chi connectivity index (χ0) is 35.2. The Morgan fingerprint density at radius 1 is 0.469 bits per heavy atom. The Morgan fingerprint density at radius 3 is 1.16 bits per heavy atom. The summed E-state index contributed by atoms with van der Waals surface area (Å²) < 4.78 is 60.6. The molecule has 0 aliphatic heterocycles. The van der Waals surface area contributed by atoms with Gasteiger partial charge in [0, 0.05) is 22.7 Å². The number of anilines is 4. The number of hydrogen-bond acceptors (Lipinski definition) is 8. The maximum absolute atomic E-state index is 12.7. The Balaban J connectivity index is 1.14. The van der Waals surface area contributed by atoms with Gasteiger partial charge in [-0.05, 0) is 111 Å². The molecular formula is C35H32N4O8S2. The van der Waals surface area contributed by atoms with Crippen LogP contribution in [-0.2, 0) is 20.2 Å². The molecule has 0 saturated heterocycles. The highest BCUT2D eigenvalue weighted by atomic mass is 32.2. The van der Waals surface area contributed by atoms with Crippen LogP contribution in [0.1, 0.15) is 16.7 Å². The summed E-state index contributed by atoms with van der Waals surface area (Å²) in [5.74, 6) is 0.157. The number of aryl methyl sites for hydroxylation is 2. The van der Waals surface area contributed by atoms with Crippen molar-refractivity contribution in [2.24, 2.45) is 0 Å². The van der Waals surface area contributed by atoms with E-state index in [0.29, 0.717) is 28.3 Å². The van der Waals surface area contributed by atoms with Crippen LogP contribution < -0.4 is 29.6 Å². The van der Waals surface area contributed by atoms with Crippen molar-refractivity contribution >= 4 is 55.0 Å². The molecule has 5 aromatic carbocycles. The largest absolute Gasteiger partial charge is 0.379 e. The number of carbonyl (C=O) groups excluding carboxylic acids is 2. The molecule has 0 saturated carbocycles. The van der Waals surface area contributed by atoms with Crippen LogP contribution in [0.4, 0.5) is 32.3 Å². The Kier molecular flexibility index (Phi) is 10.2. The predicted molar refractivity (Wildman–Crippen MR) is 187 cm³/mol. The maximum Gasteiger partial charge on any atom is 0.339 e. The van der Waals surface area contributed by atoms with Crippen molar-refractivity contribution in [2.75, 3.05) is 21.3 Å². The van der Waals surface area contributed by atoms with Gasteiger partial charge >= 0.3 is 32.3 Å². The average Bonchev–Trinajstić information content (AvgIpc) is 3.05. The van der Waals surface area contributed by atoms with Crippen LogP contribution in [0.2, 0.25) is 0 Å². The van der Waals surface area contributed by atoms with Crippen molar-refractivity contribution in [3.63, 3.8) is 0 Å². The molecule has 14 heteroatoms. The van der Waals surface area contributed by atoms with E-state index in [1.54, 1.807) is 49.4 Å². The van der Waals surface area contributed by atoms with Gasteiger partial charge in [0.2, 0.25) is 0 Å². The zero-order valence-electron chi connectivity index (χ0n) is 26.6. The molecule has 0 fully saturated rings. The van der Waals surface area contributed by atoms with Crippen molar-refractivity contribution in [3.05, 3.63) is 132 Å². The van der Waals surface area contributed by atoms with Gasteiger partial charge in [0.05, 0.1) is 0 Å². The summed E-state index contributed by atoms with van der Waals surface area (Å²) in [5, 5.41) is 10.8. The molecule has 0 spiro atoms. The van der Waals surface area contributed by atoms with Crippen LogP contribution in [0.15, 0.2) is 125 Å². The molecule has 0 unspecified atom stereocenters. The summed E-state index contributed by atoms with van der Waals surface area (Å²) in [7, 11) is -8.04. The van der Waals surface area contributed by atoms with Crippen LogP contribution in [0, 0.1) is 20.8 Å². The molecule has 0 aliphatic carbocycles. The number of nitrogens with one attached hydrogen (secondary N) is 4. The maximum atomic E-state index is 12.7. The standard InChI is InChI=1S/C35H32N4O8S2/c1-23-7-19-30(20-8-23)48(42,43)46-28-15-11-26(12-16-28)36-34(40)38-32-5-4-6-33(25(32)3)39-35(41)37-27-13-17-29(18-14-27)47-49(44,45)31-21-9-24(2)10-22-31/h4-22H,1-3H3,(H2,36,38,40)(H2,37,39,41). The summed E-state index contributed by atoms with van der Waals surface area (Å²) in [4.78, 5) is 25.5. The van der Waals surface area contributed by atoms with Crippen LogP contribution >= 0.6 is 0 Å². The van der Waals surface area contributed by atoms with Gasteiger partial charge in [-0.25, -0.2) is 9.59 Å². The second-order valence-corrected chi connectivity index (χ2v) is 14.0. The lowest BCUT2D eigenvalue weighted by molar-refractivity contribution is 0.261. The lowest BCUT2D eigenvalue weighted by Gasteiger charge is -2.15. The fourth-order valence-electron chi connectivity index (χ4n) is 4.42. The number of benzene rings is 5. The first kappa shape index (κ1) is 34.5. The molecule has 5 rings (SSSR count). The third kappa shape index (κ3) is 9.15. The highest BCUT2D eigenvalue weighted by Crippen LogP contribution is 2.26. The van der Waals surface area contributed by atoms with Crippen LogP contribution in [0.3, 0.4) is 0 Å². The van der Waals surface area contributed by atoms with E-state index in [-0.39, 0.29) is 21.3 Å². The van der Waals surface area contributed by atoms with Crippen LogP contribution in [0.5, 0.6) is 11.5 Å². The van der Waals surface area contributed by atoms with E-state index >= 15 is 0 Å². The van der Waals surface area contributed by atoms with E-state index in [1.807, 2.05) is 13.8 Å². The summed E-state index contributed by atoms with van der Waals surface area (Å²) in [6.45, 7) is 5.41. The Morgan fingerprint density at radius 2 is 0.816 bits per heavy atom. The van der Waals surface area contributed by atoms with E-state index in [4.69, 9.17) is 8.37 Å². The Bertz CT molecular complexity index is 2030. The third-order valence-electron chi connectivity index (χ3n) is 7.09. The van der Waals surface area contributed by atoms with E-state index in [1.165, 1.54) is 72.8 Å². The molecule has 0 aromatic heterocycles. The van der Waals surface area contributed by atoms with Gasteiger partial charge in [-0.15, -0.1) is 0 Å². The molecule has 12 nitrogen and oxygen atoms in total. The molecular weight excluding hydrogens is 669 g/mol. The van der Waals surface area contributed by atoms with Crippen molar-refractivity contribution in [2.45, 2.75) is 30.6 Å². The number of rotatable bonds is 10. The number of amides is 4. The number of hydrogen-bond donors (Lipinski definition) is 4. The molecule has 0 aliphatic rings. The van der Waals surface area contributed by atoms with Gasteiger partial charge < -0.3 is 29.6 Å². The van der Waals surface area contributed by atoms with Gasteiger partial charge in [-0.1, -0.05) is 41.5 Å². The normalized spacial score (nSPS) is 11.2. The second kappa shape index (κ2) is 14.5. The minimum Gasteiger partial charge on any atom is -0.379 e. The Labute approximate surface area is 284 Å². The van der Waals surface area contributed by atoms with Crippen molar-refractivity contribution in [1.82, 2.24) is 0 Å². The molecule has 0 bridgehead atoms. The lowest BCUT2D eigenvalue weighted by Crippen LogP contribution is -2.22. The fourth-order valence-corrected chi connectivity index (χ4v) is 6.28. The fraction of sp³-hybridized carbons (Fsp3) is 0.0857. The summed E-state index contributed by atoms with van der Waals surface area (Å²) in [6.07, 6.45) is 0. The minimum absolute atomic E-state index is 0.0257. The van der Waals surface area contributed by atoms with E-state index < -0.39 is 32.3 Å². The highest BCUT2D eigenvalue weighted by Gasteiger charge is 2.18. The smallest absolute Gasteiger partial charge is 0.339 e. The Hall–Kier alpha value is -5.86. The molecule has 4 N–H and O–H groups in total. The molecule has 49 heavy (non-hydrogen) atoms. The SMILES string of the molecule is Cc1ccc(S(=O)(=O)Oc2ccc(NC(=O)Nc3cccc(NC(=O)Nc4ccc(OS(=O)(=O)c5ccc(C)cc5)cc4)c3C)cc2)cc1. The summed E-state index contributed by atoms with van der Waals surface area (Å²) in [5.41, 5.74) is 4.02. The molecule has 4 amide bonds. The molecule has 0 atom stereocenters. The van der Waals surface area contributed by atoms with E-state index in [2.05, 4.69) is 21.3 Å². The molecule has 252 valence electrons. The highest BCUT2D eigenvalue weighted by molar-refractivity contribution is 7.87. The van der Waals surface area contributed by atoms with E-state index in [0.717, 1.165) is 11.1 Å². The molecule has 0 heterocycles. The minimum atomic E-state index is -4.02. The van der Waals surface area contributed by atoms with Gasteiger partial charge in [0.25, 0.3) is 0 Å². The number of carbonyl (C=O) groups is 2. The first-order chi connectivity index (χ1) is 23.3. The molecule has 0 radical (unpaired) electrons. The molecule has 5 aromatic rings. The van der Waals surface area contributed by atoms with Crippen molar-refractivity contribution in [1.29, 1.82) is 0 Å². The van der Waals surface area contributed by atoms with Gasteiger partial charge in [-0.2, -0.15) is 16.8 Å². The first-order valence-corrected chi connectivity index (χ1v) is 17.6. The third-order valence-corrected chi connectivity index (χ3v) is 9.61. The zero-order valence-corrected chi connectivity index (χ0v) is 28.2. The van der Waals surface area contributed by atoms with Crippen molar-refractivity contribution in [3.8, 4) is 11.5 Å². The number of urea groups is 2. The first-order valence-electron chi connectivity index (χ1n) is 14.8. The lowest BCUT2D eigenvalue weighted by atomic mass is 10.1. The quantitative estimate of drug-likeness (QED) is 0.109. The van der Waals surface area contributed by atoms with Gasteiger partial charge in [-0.3, -0.25) is 0 Å². The van der Waals surface area contributed by atoms with Gasteiger partial charge in [0.1, 0.15) is 21.3 Å². The summed E-state index contributed by atoms with van der Waals surface area (Å²) >= 11 is 0. The van der Waals surface area contributed by atoms with E-state index in [9.17, 15) is 26.4 Å². The van der Waals surface area contributed by atoms with Crippen molar-refractivity contribution < 1.29 is 34.8 Å². The van der Waals surface area contributed by atoms with Crippen LogP contribution in [0.25, 0.3) is 0 Å². The van der Waals surface area contributed by atoms with Gasteiger partial charge in [0.15, 0.2) is 0 Å². The monoisotopic (exact) mass is 700 g/mol. The predicted octanol–water partition coefficient (Wildman–Crippen LogP) is 7.44. The topological polar surface area (TPSA) is 169 Å².